The van der Waals surface area contributed by atoms with Crippen LogP contribution in [0.15, 0.2) is 0 Å². The average Bonchev–Trinajstić information content (AvgIpc) is 2.66. The Bertz CT molecular complexity index is 592. The van der Waals surface area contributed by atoms with Crippen molar-refractivity contribution in [1.29, 1.82) is 0 Å². The number of nitrogens with one attached hydrogen (secondary N) is 2. The maximum absolute atomic E-state index is 12.9. The van der Waals surface area contributed by atoms with E-state index in [-0.39, 0.29) is 35.9 Å². The van der Waals surface area contributed by atoms with Crippen LogP contribution in [0.1, 0.15) is 58.3 Å². The second-order valence-electron chi connectivity index (χ2n) is 9.41. The summed E-state index contributed by atoms with van der Waals surface area (Å²) in [6, 6.07) is 0.0506. The van der Waals surface area contributed by atoms with Gasteiger partial charge in [0.05, 0.1) is 13.2 Å². The molecule has 7 heteroatoms. The van der Waals surface area contributed by atoms with E-state index in [1.54, 1.807) is 11.8 Å². The quantitative estimate of drug-likeness (QED) is 0.751. The van der Waals surface area contributed by atoms with Crippen LogP contribution in [0.4, 0.5) is 4.79 Å². The molecule has 2 N–H and O–H groups in total. The van der Waals surface area contributed by atoms with Gasteiger partial charge in [-0.15, -0.1) is 0 Å². The Labute approximate surface area is 166 Å². The second kappa shape index (κ2) is 7.91. The Morgan fingerprint density at radius 3 is 2.11 bits per heavy atom. The van der Waals surface area contributed by atoms with Crippen LogP contribution in [0.5, 0.6) is 0 Å². The Kier molecular flexibility index (Phi) is 5.52. The lowest BCUT2D eigenvalue weighted by Crippen LogP contribution is -2.55. The molecule has 4 saturated carbocycles. The minimum atomic E-state index is -0.282. The van der Waals surface area contributed by atoms with Gasteiger partial charge in [-0.25, -0.2) is 4.79 Å². The number of carbonyl (C=O) groups is 3. The molecule has 0 atom stereocenters. The topological polar surface area (TPSA) is 87.7 Å². The van der Waals surface area contributed by atoms with Crippen molar-refractivity contribution >= 4 is 17.9 Å². The number of hydrogen-bond donors (Lipinski definition) is 2. The summed E-state index contributed by atoms with van der Waals surface area (Å²) in [5, 5.41) is 5.94. The molecule has 0 aromatic carbocycles. The van der Waals surface area contributed by atoms with Crippen molar-refractivity contribution in [1.82, 2.24) is 15.5 Å². The predicted octanol–water partition coefficient (Wildman–Crippen LogP) is 2.06. The molecule has 0 aromatic heterocycles. The van der Waals surface area contributed by atoms with E-state index in [1.165, 1.54) is 19.3 Å². The highest BCUT2D eigenvalue weighted by atomic mass is 16.6. The van der Waals surface area contributed by atoms with E-state index in [0.717, 1.165) is 37.0 Å². The third-order valence-electron chi connectivity index (χ3n) is 7.32. The number of rotatable bonds is 5. The van der Waals surface area contributed by atoms with Crippen molar-refractivity contribution < 1.29 is 19.1 Å². The molecule has 5 rings (SSSR count). The van der Waals surface area contributed by atoms with Gasteiger partial charge in [-0.2, -0.15) is 0 Å². The van der Waals surface area contributed by atoms with Gasteiger partial charge in [0.25, 0.3) is 0 Å². The molecule has 28 heavy (non-hydrogen) atoms. The summed E-state index contributed by atoms with van der Waals surface area (Å²) in [5.74, 6) is 2.12. The molecule has 1 aliphatic heterocycles. The van der Waals surface area contributed by atoms with Gasteiger partial charge in [-0.3, -0.25) is 9.59 Å². The molecule has 5 aliphatic rings. The monoisotopic (exact) mass is 391 g/mol. The van der Waals surface area contributed by atoms with Crippen LogP contribution in [0.25, 0.3) is 0 Å². The van der Waals surface area contributed by atoms with E-state index in [2.05, 4.69) is 10.6 Å². The smallest absolute Gasteiger partial charge is 0.409 e. The van der Waals surface area contributed by atoms with E-state index in [0.29, 0.717) is 32.5 Å². The average molecular weight is 392 g/mol. The fourth-order valence-corrected chi connectivity index (χ4v) is 6.44. The van der Waals surface area contributed by atoms with Crippen LogP contribution in [0, 0.1) is 23.2 Å². The van der Waals surface area contributed by atoms with E-state index in [1.807, 2.05) is 0 Å². The second-order valence-corrected chi connectivity index (χ2v) is 9.41. The Morgan fingerprint density at radius 2 is 1.57 bits per heavy atom. The first-order chi connectivity index (χ1) is 13.5. The maximum atomic E-state index is 12.9. The zero-order valence-corrected chi connectivity index (χ0v) is 16.9. The normalized spacial score (nSPS) is 34.2. The van der Waals surface area contributed by atoms with Gasteiger partial charge in [0.2, 0.25) is 11.8 Å². The lowest BCUT2D eigenvalue weighted by Gasteiger charge is -2.55. The molecular formula is C21H33N3O4. The van der Waals surface area contributed by atoms with Crippen molar-refractivity contribution in [2.75, 3.05) is 26.2 Å². The Hall–Kier alpha value is -1.79. The fourth-order valence-electron chi connectivity index (χ4n) is 6.44. The van der Waals surface area contributed by atoms with Crippen LogP contribution < -0.4 is 10.6 Å². The number of carbonyl (C=O) groups excluding carboxylic acids is 3. The van der Waals surface area contributed by atoms with Crippen molar-refractivity contribution in [3.63, 3.8) is 0 Å². The molecule has 3 amide bonds. The van der Waals surface area contributed by atoms with Gasteiger partial charge in [0.15, 0.2) is 0 Å². The zero-order valence-electron chi connectivity index (χ0n) is 16.9. The van der Waals surface area contributed by atoms with Crippen LogP contribution in [-0.2, 0) is 14.3 Å². The highest BCUT2D eigenvalue weighted by Crippen LogP contribution is 2.60. The molecule has 1 heterocycles. The fraction of sp³-hybridized carbons (Fsp3) is 0.857. The number of nitrogens with zero attached hydrogens (tertiary/aromatic N) is 1. The van der Waals surface area contributed by atoms with Crippen LogP contribution in [0.2, 0.25) is 0 Å². The summed E-state index contributed by atoms with van der Waals surface area (Å²) < 4.78 is 5.02. The summed E-state index contributed by atoms with van der Waals surface area (Å²) in [5.41, 5.74) is -0.208. The number of piperidine rings is 1. The van der Waals surface area contributed by atoms with Crippen LogP contribution >= 0.6 is 0 Å². The number of hydrogen-bond acceptors (Lipinski definition) is 4. The van der Waals surface area contributed by atoms with E-state index < -0.39 is 0 Å². The molecule has 0 unspecified atom stereocenters. The standard InChI is InChI=1S/C21H33N3O4/c1-2-28-20(27)24-5-3-17(4-6-24)23-18(25)13-22-19(26)21-10-14-7-15(11-21)9-16(8-14)12-21/h14-17H,2-13H2,1H3,(H,22,26)(H,23,25). The molecule has 1 saturated heterocycles. The van der Waals surface area contributed by atoms with Gasteiger partial charge >= 0.3 is 6.09 Å². The molecule has 7 nitrogen and oxygen atoms in total. The largest absolute Gasteiger partial charge is 0.450 e. The van der Waals surface area contributed by atoms with E-state index in [9.17, 15) is 14.4 Å². The molecule has 156 valence electrons. The van der Waals surface area contributed by atoms with E-state index in [4.69, 9.17) is 4.74 Å². The van der Waals surface area contributed by atoms with Crippen molar-refractivity contribution in [3.05, 3.63) is 0 Å². The predicted molar refractivity (Wildman–Crippen MR) is 103 cm³/mol. The first-order valence-electron chi connectivity index (χ1n) is 11.0. The highest BCUT2D eigenvalue weighted by Gasteiger charge is 2.54. The summed E-state index contributed by atoms with van der Waals surface area (Å²) in [6.45, 7) is 3.40. The van der Waals surface area contributed by atoms with Gasteiger partial charge in [0, 0.05) is 24.5 Å². The van der Waals surface area contributed by atoms with Gasteiger partial charge in [-0.05, 0) is 76.0 Å². The summed E-state index contributed by atoms with van der Waals surface area (Å²) in [4.78, 5) is 38.7. The zero-order chi connectivity index (χ0) is 19.7. The summed E-state index contributed by atoms with van der Waals surface area (Å²) >= 11 is 0. The maximum Gasteiger partial charge on any atom is 0.409 e. The first-order valence-corrected chi connectivity index (χ1v) is 11.0. The molecule has 0 aromatic rings. The minimum absolute atomic E-state index is 0.0506. The molecule has 4 bridgehead atoms. The summed E-state index contributed by atoms with van der Waals surface area (Å²) in [6.07, 6.45) is 8.10. The molecule has 4 aliphatic carbocycles. The van der Waals surface area contributed by atoms with Crippen molar-refractivity contribution in [2.24, 2.45) is 23.2 Å². The number of amides is 3. The third-order valence-corrected chi connectivity index (χ3v) is 7.32. The third kappa shape index (κ3) is 3.98. The Morgan fingerprint density at radius 1 is 1.00 bits per heavy atom. The van der Waals surface area contributed by atoms with Gasteiger partial charge < -0.3 is 20.3 Å². The van der Waals surface area contributed by atoms with Crippen LogP contribution in [-0.4, -0.2) is 55.1 Å². The number of likely N-dealkylation sites (tertiary alicyclic amines) is 1. The first kappa shape index (κ1) is 19.5. The number of ether oxygens (including phenoxy) is 1. The minimum Gasteiger partial charge on any atom is -0.450 e. The van der Waals surface area contributed by atoms with Crippen molar-refractivity contribution in [2.45, 2.75) is 64.3 Å². The molecule has 0 radical (unpaired) electrons. The Balaban J connectivity index is 1.20. The van der Waals surface area contributed by atoms with Gasteiger partial charge in [-0.1, -0.05) is 0 Å². The SMILES string of the molecule is CCOC(=O)N1CCC(NC(=O)CNC(=O)C23CC4CC(CC(C4)C2)C3)CC1. The summed E-state index contributed by atoms with van der Waals surface area (Å²) in [7, 11) is 0. The van der Waals surface area contributed by atoms with Crippen LogP contribution in [0.3, 0.4) is 0 Å². The molecular weight excluding hydrogens is 358 g/mol. The highest BCUT2D eigenvalue weighted by molar-refractivity contribution is 5.88. The van der Waals surface area contributed by atoms with Gasteiger partial charge in [0.1, 0.15) is 0 Å². The lowest BCUT2D eigenvalue weighted by molar-refractivity contribution is -0.147. The molecule has 5 fully saturated rings. The molecule has 0 spiro atoms. The lowest BCUT2D eigenvalue weighted by atomic mass is 9.49. The van der Waals surface area contributed by atoms with Crippen molar-refractivity contribution in [3.8, 4) is 0 Å². The van der Waals surface area contributed by atoms with E-state index >= 15 is 0 Å².